The molecule has 2 aliphatic heterocycles. The second-order valence-electron chi connectivity index (χ2n) is 6.57. The van der Waals surface area contributed by atoms with Crippen LogP contribution in [0.3, 0.4) is 0 Å². The van der Waals surface area contributed by atoms with Gasteiger partial charge in [0.2, 0.25) is 11.8 Å². The summed E-state index contributed by atoms with van der Waals surface area (Å²) < 4.78 is 0. The summed E-state index contributed by atoms with van der Waals surface area (Å²) in [5, 5.41) is 0. The zero-order valence-electron chi connectivity index (χ0n) is 11.2. The number of imide groups is 1. The van der Waals surface area contributed by atoms with Gasteiger partial charge in [-0.3, -0.25) is 9.59 Å². The summed E-state index contributed by atoms with van der Waals surface area (Å²) in [6.07, 6.45) is 9.10. The molecule has 2 heterocycles. The first-order valence-electron chi connectivity index (χ1n) is 7.63. The van der Waals surface area contributed by atoms with Crippen molar-refractivity contribution in [2.24, 2.45) is 23.7 Å². The van der Waals surface area contributed by atoms with Crippen LogP contribution in [0, 0.1) is 23.7 Å². The molecule has 2 amide bonds. The van der Waals surface area contributed by atoms with Gasteiger partial charge in [-0.15, -0.1) is 0 Å². The lowest BCUT2D eigenvalue weighted by molar-refractivity contribution is -0.912. The van der Waals surface area contributed by atoms with E-state index in [1.165, 1.54) is 24.2 Å². The molecule has 4 nitrogen and oxygen atoms in total. The van der Waals surface area contributed by atoms with Gasteiger partial charge < -0.3 is 4.90 Å². The van der Waals surface area contributed by atoms with Gasteiger partial charge >= 0.3 is 0 Å². The van der Waals surface area contributed by atoms with E-state index in [-0.39, 0.29) is 23.7 Å². The van der Waals surface area contributed by atoms with Gasteiger partial charge in [-0.25, -0.2) is 4.90 Å². The number of hydrogen-bond donors (Lipinski definition) is 1. The maximum absolute atomic E-state index is 12.5. The van der Waals surface area contributed by atoms with Crippen LogP contribution in [0.1, 0.15) is 25.7 Å². The smallest absolute Gasteiger partial charge is 0.238 e. The minimum absolute atomic E-state index is 0.0216. The molecule has 2 saturated heterocycles. The number of carbonyl (C=O) groups is 2. The van der Waals surface area contributed by atoms with E-state index >= 15 is 0 Å². The van der Waals surface area contributed by atoms with E-state index in [1.807, 2.05) is 0 Å². The molecule has 0 radical (unpaired) electrons. The van der Waals surface area contributed by atoms with E-state index in [1.54, 1.807) is 4.90 Å². The van der Waals surface area contributed by atoms with Gasteiger partial charge in [0.15, 0.2) is 6.67 Å². The van der Waals surface area contributed by atoms with Crippen LogP contribution >= 0.6 is 0 Å². The van der Waals surface area contributed by atoms with Crippen molar-refractivity contribution in [3.8, 4) is 0 Å². The van der Waals surface area contributed by atoms with E-state index < -0.39 is 0 Å². The quantitative estimate of drug-likeness (QED) is 0.553. The Balaban J connectivity index is 1.52. The Morgan fingerprint density at radius 2 is 1.58 bits per heavy atom. The van der Waals surface area contributed by atoms with Gasteiger partial charge in [-0.1, -0.05) is 12.2 Å². The summed E-state index contributed by atoms with van der Waals surface area (Å²) >= 11 is 0. The number of rotatable bonds is 2. The van der Waals surface area contributed by atoms with Gasteiger partial charge in [-0.2, -0.15) is 0 Å². The van der Waals surface area contributed by atoms with Crippen molar-refractivity contribution in [2.45, 2.75) is 25.7 Å². The summed E-state index contributed by atoms with van der Waals surface area (Å²) in [7, 11) is 0. The summed E-state index contributed by atoms with van der Waals surface area (Å²) in [6.45, 7) is 2.83. The van der Waals surface area contributed by atoms with Crippen LogP contribution in [-0.2, 0) is 9.59 Å². The number of nitrogens with one attached hydrogen (secondary N) is 1. The second-order valence-corrected chi connectivity index (χ2v) is 6.57. The molecule has 0 unspecified atom stereocenters. The van der Waals surface area contributed by atoms with Gasteiger partial charge in [0.1, 0.15) is 0 Å². The first kappa shape index (κ1) is 11.6. The number of likely N-dealkylation sites (tertiary alicyclic amines) is 2. The van der Waals surface area contributed by atoms with Crippen molar-refractivity contribution in [3.63, 3.8) is 0 Å². The maximum atomic E-state index is 12.5. The molecule has 3 fully saturated rings. The number of allylic oxidation sites excluding steroid dienone is 2. The molecule has 4 rings (SSSR count). The Morgan fingerprint density at radius 3 is 2.16 bits per heavy atom. The predicted molar refractivity (Wildman–Crippen MR) is 69.0 cm³/mol. The van der Waals surface area contributed by atoms with E-state index in [2.05, 4.69) is 12.2 Å². The van der Waals surface area contributed by atoms with Crippen molar-refractivity contribution in [3.05, 3.63) is 12.2 Å². The summed E-state index contributed by atoms with van der Waals surface area (Å²) in [6, 6.07) is 0. The Labute approximate surface area is 113 Å². The van der Waals surface area contributed by atoms with Crippen LogP contribution in [0.15, 0.2) is 12.2 Å². The Kier molecular flexibility index (Phi) is 2.56. The maximum Gasteiger partial charge on any atom is 0.238 e. The normalized spacial score (nSPS) is 41.4. The molecule has 19 heavy (non-hydrogen) atoms. The standard InChI is InChI=1S/C15H20N2O2/c18-14-12-10-4-5-11(8-10)13(12)15(19)17(14)9-16-6-2-1-3-7-16/h4-5,10-13H,1-3,6-9H2/p+1/t10-,11+,12-,13+. The van der Waals surface area contributed by atoms with Gasteiger partial charge in [0, 0.05) is 0 Å². The van der Waals surface area contributed by atoms with Crippen LogP contribution in [0.5, 0.6) is 0 Å². The van der Waals surface area contributed by atoms with Crippen LogP contribution in [-0.4, -0.2) is 36.5 Å². The molecule has 102 valence electrons. The Hall–Kier alpha value is -1.16. The van der Waals surface area contributed by atoms with Crippen LogP contribution in [0.4, 0.5) is 0 Å². The van der Waals surface area contributed by atoms with E-state index in [4.69, 9.17) is 0 Å². The topological polar surface area (TPSA) is 41.8 Å². The monoisotopic (exact) mass is 261 g/mol. The Bertz CT molecular complexity index is 423. The Morgan fingerprint density at radius 1 is 1.00 bits per heavy atom. The number of nitrogens with zero attached hydrogens (tertiary/aromatic N) is 1. The van der Waals surface area contributed by atoms with Crippen molar-refractivity contribution in [1.29, 1.82) is 0 Å². The fraction of sp³-hybridized carbons (Fsp3) is 0.733. The van der Waals surface area contributed by atoms with E-state index in [9.17, 15) is 9.59 Å². The summed E-state index contributed by atoms with van der Waals surface area (Å²) in [5.74, 6) is 0.869. The molecule has 0 aromatic heterocycles. The van der Waals surface area contributed by atoms with E-state index in [0.29, 0.717) is 18.5 Å². The van der Waals surface area contributed by atoms with Gasteiger partial charge in [0.05, 0.1) is 24.9 Å². The third kappa shape index (κ3) is 1.62. The number of carbonyl (C=O) groups excluding carboxylic acids is 2. The highest BCUT2D eigenvalue weighted by Gasteiger charge is 2.59. The van der Waals surface area contributed by atoms with Gasteiger partial charge in [0.25, 0.3) is 0 Å². The van der Waals surface area contributed by atoms with E-state index in [0.717, 1.165) is 19.5 Å². The van der Waals surface area contributed by atoms with Crippen LogP contribution in [0.25, 0.3) is 0 Å². The molecule has 2 aliphatic carbocycles. The minimum Gasteiger partial charge on any atom is -0.317 e. The first-order chi connectivity index (χ1) is 9.25. The number of fused-ring (bicyclic) bond motifs is 5. The third-order valence-corrected chi connectivity index (χ3v) is 5.50. The highest BCUT2D eigenvalue weighted by Crippen LogP contribution is 2.52. The average molecular weight is 261 g/mol. The molecule has 1 N–H and O–H groups in total. The molecule has 0 aromatic rings. The molecule has 0 spiro atoms. The number of quaternary nitrogens is 1. The predicted octanol–water partition coefficient (Wildman–Crippen LogP) is -0.180. The zero-order valence-corrected chi connectivity index (χ0v) is 11.2. The fourth-order valence-corrected chi connectivity index (χ4v) is 4.55. The zero-order chi connectivity index (χ0) is 13.0. The van der Waals surface area contributed by atoms with Crippen molar-refractivity contribution in [2.75, 3.05) is 19.8 Å². The SMILES string of the molecule is O=C1[C@@H]2[C@H](C(=O)N1C[NH+]1CCCCC1)[C@@H]1C=C[C@H]2C1. The molecule has 4 heteroatoms. The summed E-state index contributed by atoms with van der Waals surface area (Å²) in [5.41, 5.74) is 0. The number of amides is 2. The van der Waals surface area contributed by atoms with Crippen LogP contribution < -0.4 is 4.90 Å². The molecular weight excluding hydrogens is 240 g/mol. The van der Waals surface area contributed by atoms with Crippen molar-refractivity contribution < 1.29 is 14.5 Å². The molecule has 4 aliphatic rings. The highest BCUT2D eigenvalue weighted by molar-refractivity contribution is 6.06. The molecule has 4 atom stereocenters. The molecule has 1 saturated carbocycles. The lowest BCUT2D eigenvalue weighted by Gasteiger charge is -2.27. The highest BCUT2D eigenvalue weighted by atomic mass is 16.2. The number of piperidine rings is 1. The average Bonchev–Trinajstić information content (AvgIpc) is 3.10. The fourth-order valence-electron chi connectivity index (χ4n) is 4.55. The van der Waals surface area contributed by atoms with Crippen molar-refractivity contribution >= 4 is 11.8 Å². The molecule has 2 bridgehead atoms. The molecular formula is C15H21N2O2+. The lowest BCUT2D eigenvalue weighted by atomic mass is 9.85. The minimum atomic E-state index is -0.0216. The van der Waals surface area contributed by atoms with Gasteiger partial charge in [-0.05, 0) is 37.5 Å². The van der Waals surface area contributed by atoms with Crippen molar-refractivity contribution in [1.82, 2.24) is 4.90 Å². The van der Waals surface area contributed by atoms with Crippen LogP contribution in [0.2, 0.25) is 0 Å². The lowest BCUT2D eigenvalue weighted by Crippen LogP contribution is -3.14. The largest absolute Gasteiger partial charge is 0.317 e. The number of hydrogen-bond acceptors (Lipinski definition) is 2. The second kappa shape index (κ2) is 4.17. The third-order valence-electron chi connectivity index (χ3n) is 5.50. The first-order valence-corrected chi connectivity index (χ1v) is 7.63. The molecule has 0 aromatic carbocycles. The summed E-state index contributed by atoms with van der Waals surface area (Å²) in [4.78, 5) is 28.0.